The van der Waals surface area contributed by atoms with Gasteiger partial charge in [0.05, 0.1) is 29.0 Å². The molecule has 3 aromatic rings. The number of carbonyl (C=O) groups is 1. The molecule has 0 saturated carbocycles. The Bertz CT molecular complexity index is 1050. The van der Waals surface area contributed by atoms with Crippen LogP contribution in [0, 0.1) is 0 Å². The molecule has 0 unspecified atom stereocenters. The van der Waals surface area contributed by atoms with E-state index in [9.17, 15) is 13.2 Å². The monoisotopic (exact) mass is 393 g/mol. The van der Waals surface area contributed by atoms with Crippen molar-refractivity contribution in [1.29, 1.82) is 0 Å². The van der Waals surface area contributed by atoms with Gasteiger partial charge < -0.3 is 5.32 Å². The molecule has 0 fully saturated rings. The predicted octanol–water partition coefficient (Wildman–Crippen LogP) is 3.72. The molecule has 0 bridgehead atoms. The highest BCUT2D eigenvalue weighted by atomic mass is 32.2. The maximum atomic E-state index is 13.0. The van der Waals surface area contributed by atoms with E-state index >= 15 is 0 Å². The third-order valence-corrected chi connectivity index (χ3v) is 5.77. The fourth-order valence-corrected chi connectivity index (χ4v) is 4.05. The van der Waals surface area contributed by atoms with E-state index in [1.165, 1.54) is 10.4 Å². The molecule has 0 aliphatic rings. The second-order valence-corrected chi connectivity index (χ2v) is 7.74. The lowest BCUT2D eigenvalue weighted by molar-refractivity contribution is 0.102. The van der Waals surface area contributed by atoms with E-state index < -0.39 is 10.0 Å². The maximum Gasteiger partial charge on any atom is 0.264 e. The first-order chi connectivity index (χ1) is 13.5. The highest BCUT2D eigenvalue weighted by Gasteiger charge is 2.23. The maximum absolute atomic E-state index is 13.0. The van der Waals surface area contributed by atoms with Crippen LogP contribution in [0.15, 0.2) is 96.7 Å². The zero-order valence-electron chi connectivity index (χ0n) is 15.0. The lowest BCUT2D eigenvalue weighted by Gasteiger charge is -2.23. The van der Waals surface area contributed by atoms with Crippen molar-refractivity contribution in [2.24, 2.45) is 0 Å². The van der Waals surface area contributed by atoms with Gasteiger partial charge in [0, 0.05) is 11.8 Å². The number of sulfonamides is 1. The lowest BCUT2D eigenvalue weighted by atomic mass is 10.2. The van der Waals surface area contributed by atoms with Gasteiger partial charge in [0.1, 0.15) is 0 Å². The van der Waals surface area contributed by atoms with Crippen LogP contribution < -0.4 is 9.62 Å². The number of nitrogens with zero attached hydrogens (tertiary/aromatic N) is 2. The zero-order chi connectivity index (χ0) is 20.0. The Morgan fingerprint density at radius 3 is 2.36 bits per heavy atom. The molecule has 1 amide bonds. The third kappa shape index (κ3) is 4.27. The van der Waals surface area contributed by atoms with E-state index in [1.54, 1.807) is 79.1 Å². The van der Waals surface area contributed by atoms with Gasteiger partial charge in [0.2, 0.25) is 0 Å². The second kappa shape index (κ2) is 8.49. The van der Waals surface area contributed by atoms with Gasteiger partial charge in [-0.1, -0.05) is 24.3 Å². The van der Waals surface area contributed by atoms with Crippen LogP contribution in [0.5, 0.6) is 0 Å². The third-order valence-electron chi connectivity index (χ3n) is 3.96. The largest absolute Gasteiger partial charge is 0.321 e. The lowest BCUT2D eigenvalue weighted by Crippen LogP contribution is -2.31. The van der Waals surface area contributed by atoms with Crippen molar-refractivity contribution in [3.05, 3.63) is 97.3 Å². The summed E-state index contributed by atoms with van der Waals surface area (Å²) in [5, 5.41) is 2.74. The first-order valence-electron chi connectivity index (χ1n) is 8.52. The van der Waals surface area contributed by atoms with E-state index in [-0.39, 0.29) is 17.3 Å². The Kier molecular flexibility index (Phi) is 5.86. The summed E-state index contributed by atoms with van der Waals surface area (Å²) in [6.07, 6.45) is 4.68. The molecule has 7 heteroatoms. The Morgan fingerprint density at radius 1 is 1.04 bits per heavy atom. The first-order valence-corrected chi connectivity index (χ1v) is 9.96. The summed E-state index contributed by atoms with van der Waals surface area (Å²) in [6, 6.07) is 18.0. The fourth-order valence-electron chi connectivity index (χ4n) is 2.60. The zero-order valence-corrected chi connectivity index (χ0v) is 15.8. The van der Waals surface area contributed by atoms with E-state index in [1.807, 2.05) is 0 Å². The summed E-state index contributed by atoms with van der Waals surface area (Å²) in [5.41, 5.74) is 1.43. The molecule has 6 nitrogen and oxygen atoms in total. The minimum absolute atomic E-state index is 0.110. The van der Waals surface area contributed by atoms with Crippen LogP contribution in [-0.4, -0.2) is 25.9 Å². The molecule has 3 rings (SSSR count). The van der Waals surface area contributed by atoms with Crippen LogP contribution in [0.3, 0.4) is 0 Å². The van der Waals surface area contributed by atoms with Crippen molar-refractivity contribution in [2.45, 2.75) is 4.90 Å². The summed E-state index contributed by atoms with van der Waals surface area (Å²) in [5.74, 6) is -0.305. The Hall–Kier alpha value is -3.45. The average molecular weight is 393 g/mol. The Balaban J connectivity index is 1.85. The molecule has 0 spiro atoms. The summed E-state index contributed by atoms with van der Waals surface area (Å²) in [7, 11) is -3.74. The predicted molar refractivity (Wildman–Crippen MR) is 110 cm³/mol. The summed E-state index contributed by atoms with van der Waals surface area (Å²) in [4.78, 5) is 16.5. The number of anilines is 2. The molecule has 28 heavy (non-hydrogen) atoms. The number of nitrogens with one attached hydrogen (secondary N) is 1. The standard InChI is InChI=1S/C21H19N3O3S/c1-2-15-24(28(26,27)20-8-4-3-5-9-20)19-12-10-17(11-13-19)21(25)23-18-7-6-14-22-16-18/h2-14,16H,1,15H2,(H,23,25). The van der Waals surface area contributed by atoms with Crippen molar-refractivity contribution < 1.29 is 13.2 Å². The molecule has 0 saturated heterocycles. The number of hydrogen-bond donors (Lipinski definition) is 1. The van der Waals surface area contributed by atoms with Gasteiger partial charge in [0.25, 0.3) is 15.9 Å². The van der Waals surface area contributed by atoms with E-state index in [0.717, 1.165) is 0 Å². The topological polar surface area (TPSA) is 79.4 Å². The van der Waals surface area contributed by atoms with Crippen LogP contribution in [-0.2, 0) is 10.0 Å². The van der Waals surface area contributed by atoms with Crippen LogP contribution in [0.2, 0.25) is 0 Å². The van der Waals surface area contributed by atoms with Gasteiger partial charge in [-0.25, -0.2) is 8.42 Å². The SMILES string of the molecule is C=CCN(c1ccc(C(=O)Nc2cccnc2)cc1)S(=O)(=O)c1ccccc1. The molecule has 1 heterocycles. The molecule has 0 aliphatic carbocycles. The molecule has 2 aromatic carbocycles. The smallest absolute Gasteiger partial charge is 0.264 e. The van der Waals surface area contributed by atoms with Crippen molar-refractivity contribution in [3.63, 3.8) is 0 Å². The second-order valence-electron chi connectivity index (χ2n) is 5.88. The molecule has 0 aliphatic heterocycles. The minimum atomic E-state index is -3.74. The number of aromatic nitrogens is 1. The van der Waals surface area contributed by atoms with Gasteiger partial charge in [-0.05, 0) is 48.5 Å². The van der Waals surface area contributed by atoms with E-state index in [2.05, 4.69) is 16.9 Å². The van der Waals surface area contributed by atoms with E-state index in [0.29, 0.717) is 16.9 Å². The molecule has 0 atom stereocenters. The number of hydrogen-bond acceptors (Lipinski definition) is 4. The quantitative estimate of drug-likeness (QED) is 0.621. The molecular weight excluding hydrogens is 374 g/mol. The number of benzene rings is 2. The molecular formula is C21H19N3O3S. The summed E-state index contributed by atoms with van der Waals surface area (Å²) >= 11 is 0. The van der Waals surface area contributed by atoms with Crippen LogP contribution in [0.25, 0.3) is 0 Å². The molecule has 142 valence electrons. The number of rotatable bonds is 7. The summed E-state index contributed by atoms with van der Waals surface area (Å²) in [6.45, 7) is 3.76. The highest BCUT2D eigenvalue weighted by molar-refractivity contribution is 7.92. The molecule has 1 N–H and O–H groups in total. The normalized spacial score (nSPS) is 10.9. The molecule has 0 radical (unpaired) electrons. The van der Waals surface area contributed by atoms with Crippen LogP contribution in [0.1, 0.15) is 10.4 Å². The van der Waals surface area contributed by atoms with Crippen molar-refractivity contribution in [1.82, 2.24) is 4.98 Å². The number of pyridine rings is 1. The van der Waals surface area contributed by atoms with Crippen molar-refractivity contribution >= 4 is 27.3 Å². The van der Waals surface area contributed by atoms with Gasteiger partial charge >= 0.3 is 0 Å². The van der Waals surface area contributed by atoms with Gasteiger partial charge in [-0.15, -0.1) is 6.58 Å². The van der Waals surface area contributed by atoms with Crippen molar-refractivity contribution in [3.8, 4) is 0 Å². The molecule has 1 aromatic heterocycles. The van der Waals surface area contributed by atoms with E-state index in [4.69, 9.17) is 0 Å². The highest BCUT2D eigenvalue weighted by Crippen LogP contribution is 2.24. The summed E-state index contributed by atoms with van der Waals surface area (Å²) < 4.78 is 27.2. The van der Waals surface area contributed by atoms with Gasteiger partial charge in [0.15, 0.2) is 0 Å². The first kappa shape index (κ1) is 19.3. The minimum Gasteiger partial charge on any atom is -0.321 e. The van der Waals surface area contributed by atoms with Crippen LogP contribution in [0.4, 0.5) is 11.4 Å². The fraction of sp³-hybridized carbons (Fsp3) is 0.0476. The number of carbonyl (C=O) groups excluding carboxylic acids is 1. The Morgan fingerprint density at radius 2 is 1.75 bits per heavy atom. The van der Waals surface area contributed by atoms with Crippen LogP contribution >= 0.6 is 0 Å². The number of amides is 1. The van der Waals surface area contributed by atoms with Gasteiger partial charge in [-0.2, -0.15) is 0 Å². The average Bonchev–Trinajstić information content (AvgIpc) is 2.73. The van der Waals surface area contributed by atoms with Crippen molar-refractivity contribution in [2.75, 3.05) is 16.2 Å². The van der Waals surface area contributed by atoms with Gasteiger partial charge in [-0.3, -0.25) is 14.1 Å². The Labute approximate surface area is 164 Å².